The van der Waals surface area contributed by atoms with Crippen molar-refractivity contribution in [3.63, 3.8) is 0 Å². The zero-order chi connectivity index (χ0) is 22.0. The Kier molecular flexibility index (Phi) is 6.11. The van der Waals surface area contributed by atoms with Gasteiger partial charge in [0.1, 0.15) is 5.75 Å². The molecular formula is C24H30N4O3. The molecule has 1 unspecified atom stereocenters. The summed E-state index contributed by atoms with van der Waals surface area (Å²) in [4.78, 5) is 14.8. The van der Waals surface area contributed by atoms with Gasteiger partial charge in [0.25, 0.3) is 5.91 Å². The first-order valence-electron chi connectivity index (χ1n) is 11.0. The van der Waals surface area contributed by atoms with E-state index in [9.17, 15) is 4.79 Å². The number of aromatic nitrogens is 3. The van der Waals surface area contributed by atoms with Crippen LogP contribution in [0.3, 0.4) is 0 Å². The number of hydrogen-bond donors (Lipinski definition) is 0. The van der Waals surface area contributed by atoms with Gasteiger partial charge in [-0.05, 0) is 58.6 Å². The first-order valence-corrected chi connectivity index (χ1v) is 11.0. The van der Waals surface area contributed by atoms with Gasteiger partial charge in [-0.25, -0.2) is 0 Å². The molecule has 1 aromatic carbocycles. The molecular weight excluding hydrogens is 392 g/mol. The van der Waals surface area contributed by atoms with Gasteiger partial charge in [0.05, 0.1) is 17.9 Å². The number of aryl methyl sites for hydroxylation is 3. The highest BCUT2D eigenvalue weighted by Crippen LogP contribution is 2.29. The Hall–Kier alpha value is -3.09. The number of ether oxygens (including phenoxy) is 1. The lowest BCUT2D eigenvalue weighted by atomic mass is 10.1. The van der Waals surface area contributed by atoms with E-state index in [2.05, 4.69) is 17.2 Å². The van der Waals surface area contributed by atoms with Gasteiger partial charge in [-0.15, -0.1) is 0 Å². The van der Waals surface area contributed by atoms with Crippen molar-refractivity contribution < 1.29 is 14.1 Å². The number of likely N-dealkylation sites (tertiary alicyclic amines) is 1. The number of amides is 1. The minimum atomic E-state index is -0.0739. The SMILES string of the molecule is CCn1nc(C)c(-c2cc(C(=O)N3CCC(CCOc4ccc(C)cc4)C3)no2)c1C. The van der Waals surface area contributed by atoms with Gasteiger partial charge < -0.3 is 14.2 Å². The Morgan fingerprint density at radius 3 is 2.71 bits per heavy atom. The van der Waals surface area contributed by atoms with Crippen molar-refractivity contribution in [1.82, 2.24) is 19.8 Å². The van der Waals surface area contributed by atoms with Crippen LogP contribution < -0.4 is 4.74 Å². The molecule has 2 aromatic heterocycles. The zero-order valence-corrected chi connectivity index (χ0v) is 18.7. The van der Waals surface area contributed by atoms with Gasteiger partial charge in [0.2, 0.25) is 0 Å². The van der Waals surface area contributed by atoms with Crippen LogP contribution in [0.25, 0.3) is 11.3 Å². The molecule has 31 heavy (non-hydrogen) atoms. The summed E-state index contributed by atoms with van der Waals surface area (Å²) in [5.74, 6) is 1.85. The monoisotopic (exact) mass is 422 g/mol. The Labute approximate surface area is 183 Å². The minimum absolute atomic E-state index is 0.0739. The predicted molar refractivity (Wildman–Crippen MR) is 118 cm³/mol. The van der Waals surface area contributed by atoms with E-state index in [1.54, 1.807) is 6.07 Å². The number of carbonyl (C=O) groups excluding carboxylic acids is 1. The first kappa shape index (κ1) is 21.2. The zero-order valence-electron chi connectivity index (χ0n) is 18.7. The number of rotatable bonds is 7. The van der Waals surface area contributed by atoms with E-state index in [4.69, 9.17) is 9.26 Å². The largest absolute Gasteiger partial charge is 0.494 e. The smallest absolute Gasteiger partial charge is 0.276 e. The number of hydrogen-bond acceptors (Lipinski definition) is 5. The summed E-state index contributed by atoms with van der Waals surface area (Å²) >= 11 is 0. The van der Waals surface area contributed by atoms with E-state index in [-0.39, 0.29) is 5.91 Å². The molecule has 7 heteroatoms. The molecule has 7 nitrogen and oxygen atoms in total. The summed E-state index contributed by atoms with van der Waals surface area (Å²) in [6.45, 7) is 11.0. The molecule has 1 aliphatic heterocycles. The summed E-state index contributed by atoms with van der Waals surface area (Å²) in [5, 5.41) is 8.58. The molecule has 1 atom stereocenters. The van der Waals surface area contributed by atoms with Crippen LogP contribution in [0.5, 0.6) is 5.75 Å². The molecule has 0 saturated carbocycles. The van der Waals surface area contributed by atoms with Gasteiger partial charge in [-0.1, -0.05) is 22.9 Å². The maximum absolute atomic E-state index is 12.9. The van der Waals surface area contributed by atoms with Crippen molar-refractivity contribution in [3.8, 4) is 17.1 Å². The third-order valence-corrected chi connectivity index (χ3v) is 6.05. The van der Waals surface area contributed by atoms with Crippen LogP contribution in [0.15, 0.2) is 34.9 Å². The fourth-order valence-corrected chi connectivity index (χ4v) is 4.25. The summed E-state index contributed by atoms with van der Waals surface area (Å²) < 4.78 is 13.3. The lowest BCUT2D eigenvalue weighted by molar-refractivity contribution is 0.0775. The van der Waals surface area contributed by atoms with Gasteiger partial charge in [-0.3, -0.25) is 9.48 Å². The van der Waals surface area contributed by atoms with Crippen molar-refractivity contribution in [3.05, 3.63) is 53.0 Å². The topological polar surface area (TPSA) is 73.4 Å². The van der Waals surface area contributed by atoms with Crippen molar-refractivity contribution in [2.24, 2.45) is 5.92 Å². The molecule has 4 rings (SSSR count). The lowest BCUT2D eigenvalue weighted by Crippen LogP contribution is -2.29. The Balaban J connectivity index is 1.33. The fraction of sp³-hybridized carbons (Fsp3) is 0.458. The average Bonchev–Trinajstić information content (AvgIpc) is 3.48. The highest BCUT2D eigenvalue weighted by Gasteiger charge is 2.29. The maximum atomic E-state index is 12.9. The van der Waals surface area contributed by atoms with Crippen molar-refractivity contribution in [2.75, 3.05) is 19.7 Å². The van der Waals surface area contributed by atoms with E-state index < -0.39 is 0 Å². The highest BCUT2D eigenvalue weighted by atomic mass is 16.5. The number of benzene rings is 1. The van der Waals surface area contributed by atoms with Crippen LogP contribution in [0.2, 0.25) is 0 Å². The molecule has 164 valence electrons. The van der Waals surface area contributed by atoms with Crippen LogP contribution >= 0.6 is 0 Å². The fourth-order valence-electron chi connectivity index (χ4n) is 4.25. The van der Waals surface area contributed by atoms with Crippen molar-refractivity contribution in [1.29, 1.82) is 0 Å². The highest BCUT2D eigenvalue weighted by molar-refractivity contribution is 5.93. The van der Waals surface area contributed by atoms with Crippen molar-refractivity contribution >= 4 is 5.91 Å². The van der Waals surface area contributed by atoms with Crippen LogP contribution in [0, 0.1) is 26.7 Å². The Bertz CT molecular complexity index is 1050. The normalized spacial score (nSPS) is 16.1. The minimum Gasteiger partial charge on any atom is -0.494 e. The quantitative estimate of drug-likeness (QED) is 0.564. The van der Waals surface area contributed by atoms with Gasteiger partial charge >= 0.3 is 0 Å². The predicted octanol–water partition coefficient (Wildman–Crippen LogP) is 4.41. The van der Waals surface area contributed by atoms with E-state index in [0.29, 0.717) is 24.0 Å². The standard InChI is InChI=1S/C24H30N4O3/c1-5-28-18(4)23(17(3)25-28)22-14-21(26-31-22)24(29)27-12-10-19(15-27)11-13-30-20-8-6-16(2)7-9-20/h6-9,14,19H,5,10-13,15H2,1-4H3. The van der Waals surface area contributed by atoms with E-state index >= 15 is 0 Å². The van der Waals surface area contributed by atoms with Crippen LogP contribution in [-0.4, -0.2) is 45.4 Å². The van der Waals surface area contributed by atoms with E-state index in [1.807, 2.05) is 54.6 Å². The third kappa shape index (κ3) is 4.50. The van der Waals surface area contributed by atoms with Gasteiger partial charge in [0.15, 0.2) is 11.5 Å². The molecule has 1 saturated heterocycles. The maximum Gasteiger partial charge on any atom is 0.276 e. The number of nitrogens with zero attached hydrogens (tertiary/aromatic N) is 4. The number of carbonyl (C=O) groups is 1. The van der Waals surface area contributed by atoms with Crippen molar-refractivity contribution in [2.45, 2.75) is 47.1 Å². The molecule has 1 fully saturated rings. The molecule has 0 N–H and O–H groups in total. The van der Waals surface area contributed by atoms with Gasteiger partial charge in [-0.2, -0.15) is 5.10 Å². The lowest BCUT2D eigenvalue weighted by Gasteiger charge is -2.15. The second-order valence-corrected chi connectivity index (χ2v) is 8.29. The van der Waals surface area contributed by atoms with Crippen LogP contribution in [0.4, 0.5) is 0 Å². The molecule has 0 aliphatic carbocycles. The molecule has 1 amide bonds. The summed E-state index contributed by atoms with van der Waals surface area (Å²) in [7, 11) is 0. The van der Waals surface area contributed by atoms with Crippen LogP contribution in [0.1, 0.15) is 47.2 Å². The summed E-state index contributed by atoms with van der Waals surface area (Å²) in [6.07, 6.45) is 1.91. The molecule has 0 radical (unpaired) electrons. The Morgan fingerprint density at radius 2 is 2.00 bits per heavy atom. The first-order chi connectivity index (χ1) is 15.0. The van der Waals surface area contributed by atoms with E-state index in [0.717, 1.165) is 55.2 Å². The Morgan fingerprint density at radius 1 is 1.23 bits per heavy atom. The molecule has 3 heterocycles. The molecule has 1 aliphatic rings. The van der Waals surface area contributed by atoms with Gasteiger partial charge in [0, 0.05) is 31.4 Å². The molecule has 3 aromatic rings. The van der Waals surface area contributed by atoms with Crippen LogP contribution in [-0.2, 0) is 6.54 Å². The second kappa shape index (κ2) is 8.96. The average molecular weight is 423 g/mol. The summed E-state index contributed by atoms with van der Waals surface area (Å²) in [6, 6.07) is 9.83. The molecule has 0 bridgehead atoms. The molecule has 0 spiro atoms. The second-order valence-electron chi connectivity index (χ2n) is 8.29. The van der Waals surface area contributed by atoms with E-state index in [1.165, 1.54) is 5.56 Å². The summed E-state index contributed by atoms with van der Waals surface area (Å²) in [5.41, 5.74) is 4.39. The third-order valence-electron chi connectivity index (χ3n) is 6.05.